The number of benzene rings is 2. The highest BCUT2D eigenvalue weighted by Gasteiger charge is 2.29. The molecule has 0 radical (unpaired) electrons. The van der Waals surface area contributed by atoms with Crippen molar-refractivity contribution in [3.63, 3.8) is 0 Å². The molecule has 0 spiro atoms. The fourth-order valence-corrected chi connectivity index (χ4v) is 6.01. The quantitative estimate of drug-likeness (QED) is 0.319. The summed E-state index contributed by atoms with van der Waals surface area (Å²) in [5.74, 6) is 0.707. The first kappa shape index (κ1) is 23.6. The number of pyridine rings is 1. The highest BCUT2D eigenvalue weighted by atomic mass is 19.1. The van der Waals surface area contributed by atoms with E-state index in [4.69, 9.17) is 19.2 Å². The smallest absolute Gasteiger partial charge is 0.213 e. The molecule has 2 fully saturated rings. The molecule has 0 unspecified atom stereocenters. The molecule has 0 N–H and O–H groups in total. The Morgan fingerprint density at radius 2 is 1.66 bits per heavy atom. The molecular formula is C31H30FN3O3. The van der Waals surface area contributed by atoms with Crippen LogP contribution in [0.1, 0.15) is 48.4 Å². The van der Waals surface area contributed by atoms with Crippen LogP contribution >= 0.6 is 0 Å². The molecule has 0 atom stereocenters. The predicted molar refractivity (Wildman–Crippen MR) is 145 cm³/mol. The molecular weight excluding hydrogens is 481 g/mol. The third-order valence-electron chi connectivity index (χ3n) is 7.93. The van der Waals surface area contributed by atoms with E-state index in [2.05, 4.69) is 27.8 Å². The van der Waals surface area contributed by atoms with Crippen molar-refractivity contribution >= 4 is 17.1 Å². The first-order valence-corrected chi connectivity index (χ1v) is 13.5. The number of rotatable bonds is 5. The van der Waals surface area contributed by atoms with Crippen LogP contribution in [0.3, 0.4) is 0 Å². The van der Waals surface area contributed by atoms with E-state index in [0.717, 1.165) is 74.4 Å². The van der Waals surface area contributed by atoms with E-state index in [-0.39, 0.29) is 11.9 Å². The van der Waals surface area contributed by atoms with Gasteiger partial charge in [0, 0.05) is 78.3 Å². The van der Waals surface area contributed by atoms with Crippen LogP contribution in [-0.4, -0.2) is 48.3 Å². The molecule has 194 valence electrons. The first-order valence-electron chi connectivity index (χ1n) is 13.5. The molecule has 3 aliphatic heterocycles. The maximum Gasteiger partial charge on any atom is 0.213 e. The van der Waals surface area contributed by atoms with Gasteiger partial charge < -0.3 is 18.8 Å². The molecule has 0 saturated carbocycles. The molecule has 5 heterocycles. The van der Waals surface area contributed by atoms with E-state index in [0.29, 0.717) is 18.3 Å². The highest BCUT2D eigenvalue weighted by Crippen LogP contribution is 2.44. The number of hydrogen-bond donors (Lipinski definition) is 0. The van der Waals surface area contributed by atoms with Crippen LogP contribution in [0.15, 0.2) is 59.7 Å². The van der Waals surface area contributed by atoms with Gasteiger partial charge in [0.2, 0.25) is 5.88 Å². The van der Waals surface area contributed by atoms with E-state index in [1.165, 1.54) is 34.3 Å². The van der Waals surface area contributed by atoms with Gasteiger partial charge in [0.05, 0.1) is 25.3 Å². The number of ether oxygens (including phenoxy) is 3. The lowest BCUT2D eigenvalue weighted by atomic mass is 9.90. The van der Waals surface area contributed by atoms with Crippen LogP contribution in [0.4, 0.5) is 4.39 Å². The Morgan fingerprint density at radius 1 is 0.895 bits per heavy atom. The van der Waals surface area contributed by atoms with Crippen LogP contribution in [-0.2, 0) is 16.0 Å². The van der Waals surface area contributed by atoms with Crippen molar-refractivity contribution in [2.75, 3.05) is 26.4 Å². The first-order chi connectivity index (χ1) is 18.7. The molecule has 0 bridgehead atoms. The second-order valence-electron chi connectivity index (χ2n) is 10.3. The van der Waals surface area contributed by atoms with Crippen LogP contribution in [0.25, 0.3) is 27.7 Å². The number of aromatic nitrogens is 2. The number of fused-ring (bicyclic) bond motifs is 2. The molecule has 6 nitrogen and oxygen atoms in total. The minimum atomic E-state index is -0.240. The molecule has 2 aromatic carbocycles. The van der Waals surface area contributed by atoms with E-state index in [1.807, 2.05) is 30.6 Å². The van der Waals surface area contributed by atoms with Crippen LogP contribution < -0.4 is 4.74 Å². The molecule has 38 heavy (non-hydrogen) atoms. The Morgan fingerprint density at radius 3 is 2.39 bits per heavy atom. The van der Waals surface area contributed by atoms with E-state index in [1.54, 1.807) is 0 Å². The maximum atomic E-state index is 14.0. The van der Waals surface area contributed by atoms with Gasteiger partial charge in [-0.1, -0.05) is 0 Å². The molecule has 7 rings (SSSR count). The lowest BCUT2D eigenvalue weighted by molar-refractivity contribution is 0.0237. The van der Waals surface area contributed by atoms with Crippen molar-refractivity contribution in [1.82, 2.24) is 9.55 Å². The summed E-state index contributed by atoms with van der Waals surface area (Å²) in [5.41, 5.74) is 7.87. The fourth-order valence-electron chi connectivity index (χ4n) is 6.01. The monoisotopic (exact) mass is 511 g/mol. The van der Waals surface area contributed by atoms with Crippen LogP contribution in [0, 0.1) is 5.82 Å². The van der Waals surface area contributed by atoms with Crippen molar-refractivity contribution in [1.29, 1.82) is 0 Å². The number of halogens is 1. The lowest BCUT2D eigenvalue weighted by Gasteiger charge is -2.26. The minimum absolute atomic E-state index is 0.142. The van der Waals surface area contributed by atoms with Gasteiger partial charge in [-0.15, -0.1) is 0 Å². The maximum absolute atomic E-state index is 14.0. The topological polar surface area (TPSA) is 57.9 Å². The van der Waals surface area contributed by atoms with Gasteiger partial charge in [0.1, 0.15) is 11.9 Å². The summed E-state index contributed by atoms with van der Waals surface area (Å²) in [6.07, 6.45) is 7.67. The number of aliphatic imine (C=N–C) groups is 1. The van der Waals surface area contributed by atoms with Gasteiger partial charge in [-0.05, 0) is 66.4 Å². The summed E-state index contributed by atoms with van der Waals surface area (Å²) in [5, 5.41) is 1.17. The summed E-state index contributed by atoms with van der Waals surface area (Å²) in [6.45, 7) is 3.61. The van der Waals surface area contributed by atoms with Gasteiger partial charge >= 0.3 is 0 Å². The molecule has 2 aromatic heterocycles. The third kappa shape index (κ3) is 4.29. The van der Waals surface area contributed by atoms with Crippen molar-refractivity contribution in [2.24, 2.45) is 4.99 Å². The molecule has 4 aromatic rings. The van der Waals surface area contributed by atoms with Crippen molar-refractivity contribution in [3.8, 4) is 22.7 Å². The van der Waals surface area contributed by atoms with Gasteiger partial charge in [0.15, 0.2) is 0 Å². The zero-order chi connectivity index (χ0) is 25.5. The number of hydrogen-bond acceptors (Lipinski definition) is 5. The van der Waals surface area contributed by atoms with Crippen LogP contribution in [0.5, 0.6) is 5.88 Å². The fraction of sp³-hybridized carbons (Fsp3) is 0.355. The standard InChI is InChI=1S/C31H30FN3O3/c32-24-2-4-25(5-3-24)35-28-16-23-18-33-17-22(23)15-27(28)30(31(35)20-7-11-36-12-8-20)21-1-6-29(34-19-21)38-26-9-13-37-14-10-26/h1-6,15-16,18-20,26H,7-14,17H2. The zero-order valence-electron chi connectivity index (χ0n) is 21.2. The normalized spacial score (nSPS) is 18.2. The molecule has 0 amide bonds. The molecule has 2 saturated heterocycles. The SMILES string of the molecule is Fc1ccc(-n2c(C3CCOCC3)c(-c3ccc(OC4CCOCC4)nc3)c3cc4c(cc32)C=NC4)cc1. The van der Waals surface area contributed by atoms with Gasteiger partial charge in [-0.25, -0.2) is 9.37 Å². The molecule has 0 aliphatic carbocycles. The Hall–Kier alpha value is -3.55. The van der Waals surface area contributed by atoms with Gasteiger partial charge in [-0.3, -0.25) is 4.99 Å². The predicted octanol–water partition coefficient (Wildman–Crippen LogP) is 6.22. The molecule has 3 aliphatic rings. The van der Waals surface area contributed by atoms with Gasteiger partial charge in [0.25, 0.3) is 0 Å². The summed E-state index contributed by atoms with van der Waals surface area (Å²) in [7, 11) is 0. The van der Waals surface area contributed by atoms with E-state index in [9.17, 15) is 4.39 Å². The third-order valence-corrected chi connectivity index (χ3v) is 7.93. The zero-order valence-corrected chi connectivity index (χ0v) is 21.2. The van der Waals surface area contributed by atoms with Crippen LogP contribution in [0.2, 0.25) is 0 Å². The second-order valence-corrected chi connectivity index (χ2v) is 10.3. The van der Waals surface area contributed by atoms with E-state index >= 15 is 0 Å². The van der Waals surface area contributed by atoms with E-state index < -0.39 is 0 Å². The minimum Gasteiger partial charge on any atom is -0.474 e. The summed E-state index contributed by atoms with van der Waals surface area (Å²) in [4.78, 5) is 9.25. The Labute approximate surface area is 221 Å². The highest BCUT2D eigenvalue weighted by molar-refractivity contribution is 6.03. The number of nitrogens with zero attached hydrogens (tertiary/aromatic N) is 3. The summed E-state index contributed by atoms with van der Waals surface area (Å²) >= 11 is 0. The summed E-state index contributed by atoms with van der Waals surface area (Å²) < 4.78 is 33.6. The lowest BCUT2D eigenvalue weighted by Crippen LogP contribution is -2.26. The summed E-state index contributed by atoms with van der Waals surface area (Å²) in [6, 6.07) is 15.4. The average molecular weight is 512 g/mol. The molecule has 7 heteroatoms. The van der Waals surface area contributed by atoms with Crippen molar-refractivity contribution < 1.29 is 18.6 Å². The average Bonchev–Trinajstić information content (AvgIpc) is 3.56. The Balaban J connectivity index is 1.41. The van der Waals surface area contributed by atoms with Gasteiger partial charge in [-0.2, -0.15) is 0 Å². The Kier molecular flexibility index (Phi) is 6.18. The van der Waals surface area contributed by atoms with Crippen molar-refractivity contribution in [2.45, 2.75) is 44.2 Å². The Bertz CT molecular complexity index is 1480. The second kappa shape index (κ2) is 9.97. The largest absolute Gasteiger partial charge is 0.474 e. The van der Waals surface area contributed by atoms with Crippen molar-refractivity contribution in [3.05, 3.63) is 77.4 Å².